The zero-order valence-corrected chi connectivity index (χ0v) is 16.1. The van der Waals surface area contributed by atoms with E-state index in [1.807, 2.05) is 19.0 Å². The predicted molar refractivity (Wildman–Crippen MR) is 107 cm³/mol. The molecule has 1 N–H and O–H groups in total. The number of amides is 1. The summed E-state index contributed by atoms with van der Waals surface area (Å²) in [5.74, 6) is -1.39. The Morgan fingerprint density at radius 2 is 1.79 bits per heavy atom. The maximum Gasteiger partial charge on any atom is 0.338 e. The third-order valence-electron chi connectivity index (χ3n) is 3.84. The average Bonchev–Trinajstić information content (AvgIpc) is 3.15. The lowest BCUT2D eigenvalue weighted by atomic mass is 10.2. The minimum atomic E-state index is -0.577. The van der Waals surface area contributed by atoms with E-state index >= 15 is 0 Å². The molecule has 0 saturated carbocycles. The first-order valence-electron chi connectivity index (χ1n) is 8.38. The molecular weight excluding hydrogens is 381 g/mol. The van der Waals surface area contributed by atoms with Gasteiger partial charge in [-0.05, 0) is 48.5 Å². The number of hydrogen-bond donors (Lipinski definition) is 1. The second-order valence-electron chi connectivity index (χ2n) is 6.11. The molecule has 0 unspecified atom stereocenters. The van der Waals surface area contributed by atoms with Gasteiger partial charge >= 0.3 is 5.97 Å². The van der Waals surface area contributed by atoms with E-state index in [1.54, 1.807) is 41.8 Å². The first-order valence-corrected chi connectivity index (χ1v) is 9.26. The van der Waals surface area contributed by atoms with Crippen LogP contribution in [0.2, 0.25) is 0 Å². The van der Waals surface area contributed by atoms with Crippen molar-refractivity contribution in [2.45, 2.75) is 0 Å². The van der Waals surface area contributed by atoms with Gasteiger partial charge in [0, 0.05) is 30.7 Å². The molecule has 3 rings (SSSR count). The SMILES string of the molecule is CN(C)c1ccc(C(=O)OCC(=O)Nc2nc(-c3ccc(F)cc3)cs2)cc1. The molecular formula is C20H18FN3O3S. The van der Waals surface area contributed by atoms with E-state index in [4.69, 9.17) is 4.74 Å². The van der Waals surface area contributed by atoms with Crippen molar-refractivity contribution < 1.29 is 18.7 Å². The minimum Gasteiger partial charge on any atom is -0.452 e. The van der Waals surface area contributed by atoms with Crippen LogP contribution >= 0.6 is 11.3 Å². The van der Waals surface area contributed by atoms with E-state index in [9.17, 15) is 14.0 Å². The van der Waals surface area contributed by atoms with Gasteiger partial charge in [-0.3, -0.25) is 10.1 Å². The summed E-state index contributed by atoms with van der Waals surface area (Å²) in [5.41, 5.74) is 2.69. The van der Waals surface area contributed by atoms with Crippen LogP contribution in [0, 0.1) is 5.82 Å². The van der Waals surface area contributed by atoms with Crippen molar-refractivity contribution in [3.8, 4) is 11.3 Å². The Labute approximate surface area is 165 Å². The number of nitrogens with zero attached hydrogens (tertiary/aromatic N) is 2. The van der Waals surface area contributed by atoms with Gasteiger partial charge < -0.3 is 9.64 Å². The van der Waals surface area contributed by atoms with Gasteiger partial charge in [-0.15, -0.1) is 11.3 Å². The summed E-state index contributed by atoms with van der Waals surface area (Å²) in [4.78, 5) is 30.2. The smallest absolute Gasteiger partial charge is 0.338 e. The number of hydrogen-bond acceptors (Lipinski definition) is 6. The highest BCUT2D eigenvalue weighted by Gasteiger charge is 2.12. The van der Waals surface area contributed by atoms with Crippen LogP contribution in [-0.4, -0.2) is 37.6 Å². The van der Waals surface area contributed by atoms with Crippen LogP contribution in [0.5, 0.6) is 0 Å². The number of esters is 1. The number of ether oxygens (including phenoxy) is 1. The zero-order chi connectivity index (χ0) is 20.1. The standard InChI is InChI=1S/C20H18FN3O3S/c1-24(2)16-9-5-14(6-10-16)19(26)27-11-18(25)23-20-22-17(12-28-20)13-3-7-15(21)8-4-13/h3-10,12H,11H2,1-2H3,(H,22,23,25). The monoisotopic (exact) mass is 399 g/mol. The number of carbonyl (C=O) groups is 2. The van der Waals surface area contributed by atoms with Gasteiger partial charge in [-0.2, -0.15) is 0 Å². The highest BCUT2D eigenvalue weighted by molar-refractivity contribution is 7.14. The lowest BCUT2D eigenvalue weighted by Gasteiger charge is -2.12. The topological polar surface area (TPSA) is 71.5 Å². The lowest BCUT2D eigenvalue weighted by molar-refractivity contribution is -0.119. The van der Waals surface area contributed by atoms with Gasteiger partial charge in [0.05, 0.1) is 11.3 Å². The first kappa shape index (κ1) is 19.5. The van der Waals surface area contributed by atoms with Gasteiger partial charge in [-0.1, -0.05) is 0 Å². The van der Waals surface area contributed by atoms with Crippen molar-refractivity contribution in [3.63, 3.8) is 0 Å². The van der Waals surface area contributed by atoms with Gasteiger partial charge in [0.1, 0.15) is 5.82 Å². The number of thiazole rings is 1. The van der Waals surface area contributed by atoms with E-state index in [0.29, 0.717) is 16.4 Å². The van der Waals surface area contributed by atoms with Crippen molar-refractivity contribution in [1.82, 2.24) is 4.98 Å². The van der Waals surface area contributed by atoms with Crippen molar-refractivity contribution in [1.29, 1.82) is 0 Å². The molecule has 1 amide bonds. The molecule has 144 valence electrons. The highest BCUT2D eigenvalue weighted by atomic mass is 32.1. The van der Waals surface area contributed by atoms with E-state index < -0.39 is 18.5 Å². The van der Waals surface area contributed by atoms with Gasteiger partial charge in [0.2, 0.25) is 0 Å². The summed E-state index contributed by atoms with van der Waals surface area (Å²) >= 11 is 1.23. The number of aromatic nitrogens is 1. The van der Waals surface area contributed by atoms with Crippen LogP contribution in [0.25, 0.3) is 11.3 Å². The molecule has 6 nitrogen and oxygen atoms in total. The predicted octanol–water partition coefficient (Wildman–Crippen LogP) is 3.81. The Balaban J connectivity index is 1.53. The van der Waals surface area contributed by atoms with Gasteiger partial charge in [0.15, 0.2) is 11.7 Å². The molecule has 0 atom stereocenters. The second kappa shape index (κ2) is 8.62. The Hall–Kier alpha value is -3.26. The largest absolute Gasteiger partial charge is 0.452 e. The minimum absolute atomic E-state index is 0.328. The molecule has 1 heterocycles. The average molecular weight is 399 g/mol. The van der Waals surface area contributed by atoms with Crippen LogP contribution in [0.15, 0.2) is 53.9 Å². The number of rotatable bonds is 6. The molecule has 0 radical (unpaired) electrons. The maximum absolute atomic E-state index is 13.0. The molecule has 0 aliphatic heterocycles. The van der Waals surface area contributed by atoms with Crippen LogP contribution in [0.1, 0.15) is 10.4 Å². The molecule has 3 aromatic rings. The summed E-state index contributed by atoms with van der Waals surface area (Å²) in [5, 5.41) is 4.71. The van der Waals surface area contributed by atoms with Crippen LogP contribution in [0.4, 0.5) is 15.2 Å². The van der Waals surface area contributed by atoms with E-state index in [-0.39, 0.29) is 5.82 Å². The highest BCUT2D eigenvalue weighted by Crippen LogP contribution is 2.25. The number of anilines is 2. The molecule has 0 spiro atoms. The third kappa shape index (κ3) is 4.92. The summed E-state index contributed by atoms with van der Waals surface area (Å²) in [6, 6.07) is 12.8. The lowest BCUT2D eigenvalue weighted by Crippen LogP contribution is -2.20. The van der Waals surface area contributed by atoms with Crippen LogP contribution in [0.3, 0.4) is 0 Å². The summed E-state index contributed by atoms with van der Waals surface area (Å²) in [7, 11) is 3.80. The third-order valence-corrected chi connectivity index (χ3v) is 4.60. The van der Waals surface area contributed by atoms with Crippen molar-refractivity contribution >= 4 is 34.0 Å². The number of halogens is 1. The molecule has 28 heavy (non-hydrogen) atoms. The summed E-state index contributed by atoms with van der Waals surface area (Å²) in [6.07, 6.45) is 0. The van der Waals surface area contributed by atoms with E-state index in [2.05, 4.69) is 10.3 Å². The summed E-state index contributed by atoms with van der Waals surface area (Å²) in [6.45, 7) is -0.417. The molecule has 2 aromatic carbocycles. The van der Waals surface area contributed by atoms with Crippen molar-refractivity contribution in [2.75, 3.05) is 30.9 Å². The normalized spacial score (nSPS) is 10.4. The molecule has 0 fully saturated rings. The Morgan fingerprint density at radius 3 is 2.43 bits per heavy atom. The van der Waals surface area contributed by atoms with Crippen molar-refractivity contribution in [3.05, 3.63) is 65.3 Å². The zero-order valence-electron chi connectivity index (χ0n) is 15.3. The molecule has 8 heteroatoms. The fourth-order valence-electron chi connectivity index (χ4n) is 2.35. The maximum atomic E-state index is 13.0. The molecule has 0 bridgehead atoms. The van der Waals surface area contributed by atoms with Crippen LogP contribution < -0.4 is 10.2 Å². The Kier molecular flexibility index (Phi) is 6.00. The fourth-order valence-corrected chi connectivity index (χ4v) is 3.09. The summed E-state index contributed by atoms with van der Waals surface area (Å²) < 4.78 is 18.0. The quantitative estimate of drug-likeness (QED) is 0.638. The molecule has 0 aliphatic rings. The second-order valence-corrected chi connectivity index (χ2v) is 6.97. The van der Waals surface area contributed by atoms with Crippen molar-refractivity contribution in [2.24, 2.45) is 0 Å². The van der Waals surface area contributed by atoms with E-state index in [0.717, 1.165) is 11.3 Å². The molecule has 1 aromatic heterocycles. The van der Waals surface area contributed by atoms with Gasteiger partial charge in [0.25, 0.3) is 5.91 Å². The van der Waals surface area contributed by atoms with E-state index in [1.165, 1.54) is 23.5 Å². The Bertz CT molecular complexity index is 969. The number of carbonyl (C=O) groups excluding carboxylic acids is 2. The number of nitrogens with one attached hydrogen (secondary N) is 1. The number of benzene rings is 2. The Morgan fingerprint density at radius 1 is 1.11 bits per heavy atom. The van der Waals surface area contributed by atoms with Gasteiger partial charge in [-0.25, -0.2) is 14.2 Å². The molecule has 0 saturated heterocycles. The molecule has 0 aliphatic carbocycles. The fraction of sp³-hybridized carbons (Fsp3) is 0.150. The van der Waals surface area contributed by atoms with Crippen LogP contribution in [-0.2, 0) is 9.53 Å². The first-order chi connectivity index (χ1) is 13.4.